The van der Waals surface area contributed by atoms with Gasteiger partial charge in [-0.2, -0.15) is 4.31 Å². The van der Waals surface area contributed by atoms with E-state index in [0.717, 1.165) is 47.9 Å². The summed E-state index contributed by atoms with van der Waals surface area (Å²) in [5.74, 6) is 0. The molecule has 0 bridgehead atoms. The van der Waals surface area contributed by atoms with Crippen molar-refractivity contribution in [3.8, 4) is 0 Å². The third-order valence-electron chi connectivity index (χ3n) is 3.39. The second-order valence-corrected chi connectivity index (χ2v) is 9.33. The summed E-state index contributed by atoms with van der Waals surface area (Å²) in [5, 5.41) is 0.918. The average molecular weight is 387 g/mol. The van der Waals surface area contributed by atoms with Crippen molar-refractivity contribution in [2.75, 3.05) is 11.9 Å². The molecule has 19 heavy (non-hydrogen) atoms. The summed E-state index contributed by atoms with van der Waals surface area (Å²) in [6, 6.07) is 1.83. The molecule has 0 spiro atoms. The molecule has 108 valence electrons. The predicted molar refractivity (Wildman–Crippen MR) is 84.0 cm³/mol. The Balaban J connectivity index is 2.23. The molecule has 1 aliphatic rings. The molecule has 0 amide bonds. The normalized spacial score (nSPS) is 21.1. The fourth-order valence-electron chi connectivity index (χ4n) is 2.40. The van der Waals surface area contributed by atoms with Crippen LogP contribution in [0.1, 0.15) is 31.2 Å². The Kier molecular flexibility index (Phi) is 5.34. The van der Waals surface area contributed by atoms with Crippen LogP contribution in [-0.2, 0) is 10.0 Å². The molecule has 1 aromatic heterocycles. The molecular weight excluding hydrogens is 370 g/mol. The highest BCUT2D eigenvalue weighted by atomic mass is 79.9. The van der Waals surface area contributed by atoms with E-state index in [1.54, 1.807) is 10.4 Å². The third kappa shape index (κ3) is 3.35. The zero-order chi connectivity index (χ0) is 14.0. The minimum atomic E-state index is -3.37. The van der Waals surface area contributed by atoms with Crippen molar-refractivity contribution >= 4 is 48.9 Å². The summed E-state index contributed by atoms with van der Waals surface area (Å²) in [4.78, 5) is 0. The van der Waals surface area contributed by atoms with Crippen molar-refractivity contribution in [1.29, 1.82) is 0 Å². The molecule has 0 saturated carbocycles. The van der Waals surface area contributed by atoms with Gasteiger partial charge in [-0.1, -0.05) is 27.5 Å². The van der Waals surface area contributed by atoms with E-state index in [1.807, 2.05) is 6.92 Å². The van der Waals surface area contributed by atoms with Crippen molar-refractivity contribution in [1.82, 2.24) is 4.31 Å². The van der Waals surface area contributed by atoms with Gasteiger partial charge in [0, 0.05) is 17.9 Å². The zero-order valence-corrected chi connectivity index (χ0v) is 14.7. The van der Waals surface area contributed by atoms with Crippen LogP contribution in [0.25, 0.3) is 0 Å². The number of nitrogens with zero attached hydrogens (tertiary/aromatic N) is 1. The minimum absolute atomic E-state index is 0.142. The number of hydrogen-bond acceptors (Lipinski definition) is 3. The third-order valence-corrected chi connectivity index (χ3v) is 7.91. The first kappa shape index (κ1) is 15.8. The van der Waals surface area contributed by atoms with Gasteiger partial charge in [0.25, 0.3) is 10.0 Å². The standard InChI is InChI=1S/C12H17BrClNO2S2/c1-9-8-11(18-12(9)14)19(16,17)15-7-3-5-10(15)4-2-6-13/h8,10H,2-7H2,1H3. The molecule has 1 aliphatic heterocycles. The number of aryl methyl sites for hydroxylation is 1. The van der Waals surface area contributed by atoms with Gasteiger partial charge < -0.3 is 0 Å². The van der Waals surface area contributed by atoms with Gasteiger partial charge >= 0.3 is 0 Å². The smallest absolute Gasteiger partial charge is 0.206 e. The highest BCUT2D eigenvalue weighted by Crippen LogP contribution is 2.35. The van der Waals surface area contributed by atoms with Crippen molar-refractivity contribution in [2.24, 2.45) is 0 Å². The van der Waals surface area contributed by atoms with Gasteiger partial charge in [0.1, 0.15) is 4.21 Å². The fraction of sp³-hybridized carbons (Fsp3) is 0.667. The van der Waals surface area contributed by atoms with Crippen LogP contribution in [0.3, 0.4) is 0 Å². The molecule has 0 aromatic carbocycles. The average Bonchev–Trinajstić information content (AvgIpc) is 2.95. The van der Waals surface area contributed by atoms with Crippen LogP contribution >= 0.6 is 38.9 Å². The number of sulfonamides is 1. The number of alkyl halides is 1. The molecule has 3 nitrogen and oxygen atoms in total. The van der Waals surface area contributed by atoms with Crippen LogP contribution < -0.4 is 0 Å². The Morgan fingerprint density at radius 3 is 2.89 bits per heavy atom. The molecule has 1 aromatic rings. The molecule has 2 rings (SSSR count). The molecule has 1 saturated heterocycles. The van der Waals surface area contributed by atoms with E-state index < -0.39 is 10.0 Å². The maximum Gasteiger partial charge on any atom is 0.252 e. The van der Waals surface area contributed by atoms with Gasteiger partial charge in [-0.3, -0.25) is 0 Å². The van der Waals surface area contributed by atoms with Gasteiger partial charge in [0.2, 0.25) is 0 Å². The Hall–Kier alpha value is 0.380. The maximum atomic E-state index is 12.6. The highest BCUT2D eigenvalue weighted by molar-refractivity contribution is 9.09. The lowest BCUT2D eigenvalue weighted by Crippen LogP contribution is -2.35. The van der Waals surface area contributed by atoms with Gasteiger partial charge in [0.15, 0.2) is 0 Å². The quantitative estimate of drug-likeness (QED) is 0.716. The lowest BCUT2D eigenvalue weighted by molar-refractivity contribution is 0.370. The minimum Gasteiger partial charge on any atom is -0.206 e. The largest absolute Gasteiger partial charge is 0.252 e. The molecule has 7 heteroatoms. The van der Waals surface area contributed by atoms with Crippen molar-refractivity contribution < 1.29 is 8.42 Å². The zero-order valence-electron chi connectivity index (χ0n) is 10.7. The first-order valence-corrected chi connectivity index (χ1v) is 10.1. The summed E-state index contributed by atoms with van der Waals surface area (Å²) < 4.78 is 27.9. The Labute approximate surface area is 132 Å². The number of hydrogen-bond donors (Lipinski definition) is 0. The molecular formula is C12H17BrClNO2S2. The first-order valence-electron chi connectivity index (χ1n) is 6.30. The first-order chi connectivity index (χ1) is 8.96. The lowest BCUT2D eigenvalue weighted by Gasteiger charge is -2.23. The number of thiophene rings is 1. The van der Waals surface area contributed by atoms with Crippen LogP contribution in [0.4, 0.5) is 0 Å². The van der Waals surface area contributed by atoms with Gasteiger partial charge in [-0.15, -0.1) is 11.3 Å². The topological polar surface area (TPSA) is 37.4 Å². The van der Waals surface area contributed by atoms with E-state index in [-0.39, 0.29) is 6.04 Å². The summed E-state index contributed by atoms with van der Waals surface area (Å²) in [6.45, 7) is 2.47. The van der Waals surface area contributed by atoms with Crippen LogP contribution in [0.5, 0.6) is 0 Å². The van der Waals surface area contributed by atoms with Crippen LogP contribution in [0.15, 0.2) is 10.3 Å². The summed E-state index contributed by atoms with van der Waals surface area (Å²) in [7, 11) is -3.37. The van der Waals surface area contributed by atoms with E-state index in [0.29, 0.717) is 15.1 Å². The van der Waals surface area contributed by atoms with Gasteiger partial charge in [0.05, 0.1) is 4.34 Å². The van der Waals surface area contributed by atoms with Crippen LogP contribution in [0, 0.1) is 6.92 Å². The Bertz CT molecular complexity index is 524. The van der Waals surface area contributed by atoms with Gasteiger partial charge in [-0.25, -0.2) is 8.42 Å². The monoisotopic (exact) mass is 385 g/mol. The van der Waals surface area contributed by atoms with E-state index in [2.05, 4.69) is 15.9 Å². The van der Waals surface area contributed by atoms with E-state index >= 15 is 0 Å². The SMILES string of the molecule is Cc1cc(S(=O)(=O)N2CCCC2CCCBr)sc1Cl. The van der Waals surface area contributed by atoms with E-state index in [1.165, 1.54) is 0 Å². The maximum absolute atomic E-state index is 12.6. The van der Waals surface area contributed by atoms with Gasteiger partial charge in [-0.05, 0) is 44.2 Å². The van der Waals surface area contributed by atoms with Crippen molar-refractivity contribution in [3.05, 3.63) is 16.0 Å². The van der Waals surface area contributed by atoms with Crippen molar-refractivity contribution in [2.45, 2.75) is 42.9 Å². The fourth-order valence-corrected chi connectivity index (χ4v) is 6.29. The number of halogens is 2. The Morgan fingerprint density at radius 2 is 2.32 bits per heavy atom. The molecule has 0 radical (unpaired) electrons. The molecule has 0 aliphatic carbocycles. The molecule has 0 N–H and O–H groups in total. The van der Waals surface area contributed by atoms with Crippen molar-refractivity contribution in [3.63, 3.8) is 0 Å². The lowest BCUT2D eigenvalue weighted by atomic mass is 10.1. The van der Waals surface area contributed by atoms with Crippen LogP contribution in [-0.4, -0.2) is 30.6 Å². The highest BCUT2D eigenvalue weighted by Gasteiger charge is 2.35. The number of rotatable bonds is 5. The molecule has 1 fully saturated rings. The van der Waals surface area contributed by atoms with Crippen LogP contribution in [0.2, 0.25) is 4.34 Å². The molecule has 2 heterocycles. The van der Waals surface area contributed by atoms with E-state index in [4.69, 9.17) is 11.6 Å². The summed E-state index contributed by atoms with van der Waals surface area (Å²) in [5.41, 5.74) is 0.835. The molecule has 1 unspecified atom stereocenters. The van der Waals surface area contributed by atoms with E-state index in [9.17, 15) is 8.42 Å². The predicted octanol–water partition coefficient (Wildman–Crippen LogP) is 4.04. The summed E-state index contributed by atoms with van der Waals surface area (Å²) >= 11 is 10.6. The second kappa shape index (κ2) is 6.43. The molecule has 1 atom stereocenters. The Morgan fingerprint density at radius 1 is 1.58 bits per heavy atom. The summed E-state index contributed by atoms with van der Waals surface area (Å²) in [6.07, 6.45) is 3.83. The second-order valence-electron chi connectivity index (χ2n) is 4.77.